The number of carbonyl (C=O) groups is 1. The first-order valence-corrected chi connectivity index (χ1v) is 13.6. The van der Waals surface area contributed by atoms with Crippen molar-refractivity contribution in [1.82, 2.24) is 9.47 Å². The van der Waals surface area contributed by atoms with Crippen LogP contribution >= 0.6 is 22.9 Å². The summed E-state index contributed by atoms with van der Waals surface area (Å²) in [4.78, 5) is 17.5. The summed E-state index contributed by atoms with van der Waals surface area (Å²) < 4.78 is 13.2. The molecule has 2 aromatic carbocycles. The number of aromatic nitrogens is 1. The minimum atomic E-state index is -0.329. The number of rotatable bonds is 4. The zero-order valence-electron chi connectivity index (χ0n) is 20.8. The maximum Gasteiger partial charge on any atom is 0.323 e. The monoisotopic (exact) mass is 533 g/mol. The molecule has 2 aliphatic rings. The summed E-state index contributed by atoms with van der Waals surface area (Å²) in [5.41, 5.74) is 5.21. The molecule has 0 bridgehead atoms. The maximum atomic E-state index is 14.2. The predicted molar refractivity (Wildman–Crippen MR) is 148 cm³/mol. The van der Waals surface area contributed by atoms with Gasteiger partial charge < -0.3 is 24.3 Å². The predicted octanol–water partition coefficient (Wildman–Crippen LogP) is 7.23. The number of thiophene rings is 1. The first-order valence-electron chi connectivity index (χ1n) is 12.4. The average Bonchev–Trinajstić information content (AvgIpc) is 3.50. The number of halogens is 1. The second kappa shape index (κ2) is 9.80. The standard InChI is InChI=1S/C29H28ClN3O3S/c1-35-20-12-13-25(36-2)23(16-20)31-29(34)33-17-22-21-9-3-4-11-26(21)37-28(22)32-14-6-10-24(32)27(33)18-7-5-8-19(30)15-18/h5-8,10,12-16,27H,3-4,9,11,17H2,1-2H3,(H,31,34)/t27-/m1/s1. The second-order valence-corrected chi connectivity index (χ2v) is 10.9. The summed E-state index contributed by atoms with van der Waals surface area (Å²) >= 11 is 8.31. The fourth-order valence-electron chi connectivity index (χ4n) is 5.51. The summed E-state index contributed by atoms with van der Waals surface area (Å²) in [6.07, 6.45) is 6.67. The number of fused-ring (bicyclic) bond motifs is 5. The molecule has 0 saturated heterocycles. The summed E-state index contributed by atoms with van der Waals surface area (Å²) in [6, 6.07) is 16.8. The molecule has 0 saturated carbocycles. The van der Waals surface area contributed by atoms with Crippen LogP contribution in [-0.2, 0) is 19.4 Å². The number of nitrogens with zero attached hydrogens (tertiary/aromatic N) is 2. The molecule has 190 valence electrons. The molecule has 0 unspecified atom stereocenters. The second-order valence-electron chi connectivity index (χ2n) is 9.38. The van der Waals surface area contributed by atoms with Gasteiger partial charge in [0.15, 0.2) is 0 Å². The number of amides is 2. The maximum absolute atomic E-state index is 14.2. The zero-order chi connectivity index (χ0) is 25.5. The summed E-state index contributed by atoms with van der Waals surface area (Å²) in [6.45, 7) is 0.498. The minimum Gasteiger partial charge on any atom is -0.497 e. The van der Waals surface area contributed by atoms with E-state index in [0.717, 1.165) is 24.1 Å². The Kier molecular flexibility index (Phi) is 6.34. The number of ether oxygens (including phenoxy) is 2. The van der Waals surface area contributed by atoms with Crippen molar-refractivity contribution in [1.29, 1.82) is 0 Å². The molecule has 1 atom stereocenters. The Bertz CT molecular complexity index is 1480. The molecular weight excluding hydrogens is 506 g/mol. The quantitative estimate of drug-likeness (QED) is 0.301. The first-order chi connectivity index (χ1) is 18.1. The van der Waals surface area contributed by atoms with Gasteiger partial charge in [0.25, 0.3) is 0 Å². The van der Waals surface area contributed by atoms with Crippen LogP contribution in [0.2, 0.25) is 5.02 Å². The number of benzene rings is 2. The van der Waals surface area contributed by atoms with E-state index >= 15 is 0 Å². The number of carbonyl (C=O) groups excluding carboxylic acids is 1. The van der Waals surface area contributed by atoms with E-state index in [4.69, 9.17) is 21.1 Å². The minimum absolute atomic E-state index is 0.215. The Hall–Kier alpha value is -3.42. The number of hydrogen-bond acceptors (Lipinski definition) is 4. The van der Waals surface area contributed by atoms with Crippen molar-refractivity contribution in [2.75, 3.05) is 19.5 Å². The van der Waals surface area contributed by atoms with Crippen LogP contribution in [0.1, 0.15) is 46.1 Å². The van der Waals surface area contributed by atoms with Crippen LogP contribution in [0.15, 0.2) is 60.8 Å². The Labute approximate surface area is 225 Å². The molecule has 6 nitrogen and oxygen atoms in total. The lowest BCUT2D eigenvalue weighted by molar-refractivity contribution is 0.194. The van der Waals surface area contributed by atoms with Crippen molar-refractivity contribution in [3.05, 3.63) is 93.1 Å². The molecule has 0 spiro atoms. The SMILES string of the molecule is COc1ccc(OC)c(NC(=O)N2Cc3c(sc4c3CCCC4)-n3cccc3[C@H]2c2cccc(Cl)c2)c1. The fraction of sp³-hybridized carbons (Fsp3) is 0.276. The lowest BCUT2D eigenvalue weighted by Crippen LogP contribution is -2.38. The first kappa shape index (κ1) is 23.9. The van der Waals surface area contributed by atoms with Crippen molar-refractivity contribution < 1.29 is 14.3 Å². The smallest absolute Gasteiger partial charge is 0.323 e. The molecule has 1 N–H and O–H groups in total. The molecule has 0 fully saturated rings. The number of nitrogens with one attached hydrogen (secondary N) is 1. The molecule has 0 radical (unpaired) electrons. The third kappa shape index (κ3) is 4.26. The van der Waals surface area contributed by atoms with Crippen molar-refractivity contribution in [2.24, 2.45) is 0 Å². The van der Waals surface area contributed by atoms with Gasteiger partial charge in [-0.3, -0.25) is 0 Å². The Balaban J connectivity index is 1.49. The molecule has 6 rings (SSSR count). The molecule has 1 aliphatic heterocycles. The van der Waals surface area contributed by atoms with Crippen molar-refractivity contribution >= 4 is 34.7 Å². The zero-order valence-corrected chi connectivity index (χ0v) is 22.4. The van der Waals surface area contributed by atoms with E-state index in [0.29, 0.717) is 28.8 Å². The van der Waals surface area contributed by atoms with Gasteiger partial charge in [-0.15, -0.1) is 11.3 Å². The van der Waals surface area contributed by atoms with E-state index in [9.17, 15) is 4.79 Å². The van der Waals surface area contributed by atoms with E-state index in [1.807, 2.05) is 46.6 Å². The molecule has 2 amide bonds. The van der Waals surface area contributed by atoms with Crippen molar-refractivity contribution in [3.63, 3.8) is 0 Å². The molecule has 1 aliphatic carbocycles. The molecule has 37 heavy (non-hydrogen) atoms. The van der Waals surface area contributed by atoms with Gasteiger partial charge in [0.2, 0.25) is 0 Å². The highest BCUT2D eigenvalue weighted by atomic mass is 35.5. The van der Waals surface area contributed by atoms with Crippen LogP contribution < -0.4 is 14.8 Å². The lowest BCUT2D eigenvalue weighted by atomic mass is 9.95. The van der Waals surface area contributed by atoms with Crippen LogP contribution in [0.3, 0.4) is 0 Å². The number of hydrogen-bond donors (Lipinski definition) is 1. The fourth-order valence-corrected chi connectivity index (χ4v) is 7.12. The van der Waals surface area contributed by atoms with Gasteiger partial charge in [-0.1, -0.05) is 23.7 Å². The summed E-state index contributed by atoms with van der Waals surface area (Å²) in [7, 11) is 3.20. The Morgan fingerprint density at radius 1 is 1.03 bits per heavy atom. The topological polar surface area (TPSA) is 55.7 Å². The van der Waals surface area contributed by atoms with Gasteiger partial charge in [0.05, 0.1) is 38.2 Å². The van der Waals surface area contributed by atoms with Gasteiger partial charge in [-0.25, -0.2) is 4.79 Å². The number of urea groups is 1. The average molecular weight is 534 g/mol. The third-order valence-electron chi connectivity index (χ3n) is 7.25. The van der Waals surface area contributed by atoms with Crippen LogP contribution in [0.5, 0.6) is 11.5 Å². The van der Waals surface area contributed by atoms with Crippen LogP contribution in [-0.4, -0.2) is 29.7 Å². The highest BCUT2D eigenvalue weighted by molar-refractivity contribution is 7.15. The summed E-state index contributed by atoms with van der Waals surface area (Å²) in [5, 5.41) is 4.97. The Morgan fingerprint density at radius 3 is 2.70 bits per heavy atom. The van der Waals surface area contributed by atoms with Crippen LogP contribution in [0.4, 0.5) is 10.5 Å². The van der Waals surface area contributed by atoms with E-state index in [1.165, 1.54) is 33.8 Å². The van der Waals surface area contributed by atoms with E-state index < -0.39 is 0 Å². The number of anilines is 1. The van der Waals surface area contributed by atoms with Crippen LogP contribution in [0, 0.1) is 0 Å². The van der Waals surface area contributed by atoms with E-state index in [1.54, 1.807) is 26.4 Å². The van der Waals surface area contributed by atoms with Gasteiger partial charge in [0, 0.05) is 27.7 Å². The largest absolute Gasteiger partial charge is 0.497 e. The van der Waals surface area contributed by atoms with Crippen molar-refractivity contribution in [3.8, 4) is 16.5 Å². The lowest BCUT2D eigenvalue weighted by Gasteiger charge is -2.31. The van der Waals surface area contributed by atoms with E-state index in [-0.39, 0.29) is 12.1 Å². The highest BCUT2D eigenvalue weighted by Gasteiger charge is 2.36. The number of aryl methyl sites for hydroxylation is 1. The molecule has 4 aromatic rings. The molecular formula is C29H28ClN3O3S. The van der Waals surface area contributed by atoms with Gasteiger partial charge in [-0.05, 0) is 73.2 Å². The molecule has 3 heterocycles. The van der Waals surface area contributed by atoms with E-state index in [2.05, 4.69) is 28.2 Å². The van der Waals surface area contributed by atoms with Crippen molar-refractivity contribution in [2.45, 2.75) is 38.3 Å². The Morgan fingerprint density at radius 2 is 1.89 bits per heavy atom. The summed E-state index contributed by atoms with van der Waals surface area (Å²) in [5.74, 6) is 1.21. The van der Waals surface area contributed by atoms with Gasteiger partial charge in [-0.2, -0.15) is 0 Å². The highest BCUT2D eigenvalue weighted by Crippen LogP contribution is 2.44. The van der Waals surface area contributed by atoms with Gasteiger partial charge in [0.1, 0.15) is 16.5 Å². The number of methoxy groups -OCH3 is 2. The molecule has 8 heteroatoms. The third-order valence-corrected chi connectivity index (χ3v) is 8.82. The van der Waals surface area contributed by atoms with Gasteiger partial charge >= 0.3 is 6.03 Å². The molecule has 2 aromatic heterocycles. The van der Waals surface area contributed by atoms with Crippen LogP contribution in [0.25, 0.3) is 5.00 Å². The normalized spacial score (nSPS) is 16.3.